The molecule has 5 aromatic carbocycles. The molecule has 1 heterocycles. The lowest BCUT2D eigenvalue weighted by molar-refractivity contribution is 0.593. The van der Waals surface area contributed by atoms with E-state index < -0.39 is 0 Å². The predicted molar refractivity (Wildman–Crippen MR) is 143 cm³/mol. The molecule has 0 aliphatic heterocycles. The second kappa shape index (κ2) is 8.78. The second-order valence-corrected chi connectivity index (χ2v) is 8.32. The third-order valence-corrected chi connectivity index (χ3v) is 6.22. The predicted octanol–water partition coefficient (Wildman–Crippen LogP) is 8.54. The number of benzene rings is 5. The normalized spacial score (nSPS) is 11.3. The van der Waals surface area contributed by atoms with Crippen LogP contribution in [0.2, 0.25) is 0 Å². The minimum absolute atomic E-state index is 0.308. The highest BCUT2D eigenvalue weighted by Gasteiger charge is 2.22. The molecule has 0 bridgehead atoms. The Labute approximate surface area is 203 Å². The van der Waals surface area contributed by atoms with Crippen LogP contribution in [0.15, 0.2) is 125 Å². The van der Waals surface area contributed by atoms with E-state index in [0.29, 0.717) is 17.2 Å². The van der Waals surface area contributed by atoms with Crippen LogP contribution in [0.5, 0.6) is 0 Å². The molecule has 0 saturated carbocycles. The van der Waals surface area contributed by atoms with Crippen LogP contribution < -0.4 is 0 Å². The summed E-state index contributed by atoms with van der Waals surface area (Å²) in [6, 6.07) is 40.8. The molecular weight excluding hydrogens is 428 g/mol. The summed E-state index contributed by atoms with van der Waals surface area (Å²) in [5.74, 6) is 0.950. The number of hydrogen-bond acceptors (Lipinski definition) is 3. The first-order valence-corrected chi connectivity index (χ1v) is 11.5. The smallest absolute Gasteiger partial charge is 0.238 e. The van der Waals surface area contributed by atoms with Gasteiger partial charge in [0.05, 0.1) is 0 Å². The summed E-state index contributed by atoms with van der Waals surface area (Å²) in [5.41, 5.74) is 4.01. The third kappa shape index (κ3) is 3.68. The maximum absolute atomic E-state index is 10.2. The van der Waals surface area contributed by atoms with Crippen LogP contribution in [0, 0.1) is 11.3 Å². The Balaban J connectivity index is 1.58. The van der Waals surface area contributed by atoms with E-state index in [1.165, 1.54) is 0 Å². The zero-order valence-electron chi connectivity index (χ0n) is 18.8. The van der Waals surface area contributed by atoms with E-state index in [2.05, 4.69) is 36.4 Å². The van der Waals surface area contributed by atoms with E-state index in [1.54, 1.807) is 0 Å². The summed E-state index contributed by atoms with van der Waals surface area (Å²) < 4.78 is 6.30. The van der Waals surface area contributed by atoms with Gasteiger partial charge in [-0.1, -0.05) is 109 Å². The van der Waals surface area contributed by atoms with Crippen molar-refractivity contribution in [3.05, 3.63) is 126 Å². The van der Waals surface area contributed by atoms with E-state index >= 15 is 0 Å². The Morgan fingerprint density at radius 2 is 1.20 bits per heavy atom. The third-order valence-electron chi connectivity index (χ3n) is 6.22. The van der Waals surface area contributed by atoms with E-state index in [-0.39, 0.29) is 0 Å². The Morgan fingerprint density at radius 1 is 0.657 bits per heavy atom. The van der Waals surface area contributed by atoms with Gasteiger partial charge >= 0.3 is 0 Å². The van der Waals surface area contributed by atoms with E-state index in [4.69, 9.17) is 9.41 Å². The fourth-order valence-corrected chi connectivity index (χ4v) is 4.60. The highest BCUT2D eigenvalue weighted by atomic mass is 16.4. The first kappa shape index (κ1) is 20.7. The maximum Gasteiger partial charge on any atom is 0.238 e. The largest absolute Gasteiger partial charge is 0.436 e. The molecule has 0 spiro atoms. The maximum atomic E-state index is 10.2. The molecule has 3 heteroatoms. The molecule has 3 nitrogen and oxygen atoms in total. The monoisotopic (exact) mass is 448 g/mol. The average molecular weight is 449 g/mol. The Hall–Kier alpha value is -4.94. The molecule has 35 heavy (non-hydrogen) atoms. The highest BCUT2D eigenvalue weighted by molar-refractivity contribution is 6.13. The molecule has 1 aromatic heterocycles. The molecule has 0 atom stereocenters. The van der Waals surface area contributed by atoms with Gasteiger partial charge in [0.25, 0.3) is 0 Å². The standard InChI is InChI=1S/C32H20N2O/c33-20-28-30(22-11-3-1-4-12-22)31(23-13-5-2-6-14-23)35-32(28)34-21-29-26-17-9-7-15-24(26)19-25-16-8-10-18-27(25)29/h1-19,21H. The number of fused-ring (bicyclic) bond motifs is 2. The molecule has 0 saturated heterocycles. The van der Waals surface area contributed by atoms with Crippen molar-refractivity contribution in [2.24, 2.45) is 4.99 Å². The summed E-state index contributed by atoms with van der Waals surface area (Å²) in [6.07, 6.45) is 1.83. The van der Waals surface area contributed by atoms with Crippen molar-refractivity contribution in [1.82, 2.24) is 0 Å². The lowest BCUT2D eigenvalue weighted by Crippen LogP contribution is -1.88. The van der Waals surface area contributed by atoms with Gasteiger partial charge in [0.1, 0.15) is 17.4 Å². The summed E-state index contributed by atoms with van der Waals surface area (Å²) in [5, 5.41) is 14.7. The van der Waals surface area contributed by atoms with E-state index in [1.807, 2.05) is 91.1 Å². The molecular formula is C32H20N2O. The number of aliphatic imine (C=N–C) groups is 1. The molecule has 6 aromatic rings. The molecule has 164 valence electrons. The molecule has 0 unspecified atom stereocenters. The Morgan fingerprint density at radius 3 is 1.80 bits per heavy atom. The average Bonchev–Trinajstić information content (AvgIpc) is 3.30. The molecule has 0 fully saturated rings. The van der Waals surface area contributed by atoms with Gasteiger partial charge < -0.3 is 4.42 Å². The van der Waals surface area contributed by atoms with Crippen molar-refractivity contribution in [2.75, 3.05) is 0 Å². The minimum Gasteiger partial charge on any atom is -0.436 e. The number of hydrogen-bond donors (Lipinski definition) is 0. The van der Waals surface area contributed by atoms with Gasteiger partial charge in [-0.05, 0) is 33.2 Å². The van der Waals surface area contributed by atoms with Crippen molar-refractivity contribution >= 4 is 33.6 Å². The lowest BCUT2D eigenvalue weighted by atomic mass is 9.97. The highest BCUT2D eigenvalue weighted by Crippen LogP contribution is 2.42. The van der Waals surface area contributed by atoms with Crippen LogP contribution in [0.3, 0.4) is 0 Å². The number of furan rings is 1. The lowest BCUT2D eigenvalue weighted by Gasteiger charge is -2.07. The minimum atomic E-state index is 0.308. The van der Waals surface area contributed by atoms with Crippen molar-refractivity contribution < 1.29 is 4.42 Å². The summed E-state index contributed by atoms with van der Waals surface area (Å²) in [4.78, 5) is 4.77. The van der Waals surface area contributed by atoms with E-state index in [9.17, 15) is 5.26 Å². The van der Waals surface area contributed by atoms with Crippen molar-refractivity contribution in [2.45, 2.75) is 0 Å². The quantitative estimate of drug-likeness (QED) is 0.200. The number of nitrogens with zero attached hydrogens (tertiary/aromatic N) is 2. The number of nitriles is 1. The Bertz CT molecular complexity index is 1690. The van der Waals surface area contributed by atoms with Crippen LogP contribution >= 0.6 is 0 Å². The van der Waals surface area contributed by atoms with Crippen molar-refractivity contribution in [1.29, 1.82) is 5.26 Å². The molecule has 0 amide bonds. The summed E-state index contributed by atoms with van der Waals surface area (Å²) >= 11 is 0. The topological polar surface area (TPSA) is 49.3 Å². The number of rotatable bonds is 4. The van der Waals surface area contributed by atoms with Gasteiger partial charge in [0.15, 0.2) is 0 Å². The molecule has 0 radical (unpaired) electrons. The van der Waals surface area contributed by atoms with E-state index in [0.717, 1.165) is 43.8 Å². The van der Waals surface area contributed by atoms with Crippen molar-refractivity contribution in [3.8, 4) is 28.5 Å². The zero-order valence-corrected chi connectivity index (χ0v) is 18.8. The second-order valence-electron chi connectivity index (χ2n) is 8.32. The van der Waals surface area contributed by atoms with Gasteiger partial charge in [-0.2, -0.15) is 5.26 Å². The first-order valence-electron chi connectivity index (χ1n) is 11.5. The molecule has 0 aliphatic rings. The van der Waals surface area contributed by atoms with Crippen LogP contribution in [-0.2, 0) is 0 Å². The zero-order chi connectivity index (χ0) is 23.6. The van der Waals surface area contributed by atoms with Crippen LogP contribution in [0.1, 0.15) is 11.1 Å². The SMILES string of the molecule is N#Cc1c(N=Cc2c3ccccc3cc3ccccc23)oc(-c2ccccc2)c1-c1ccccc1. The molecule has 0 N–H and O–H groups in total. The van der Waals surface area contributed by atoms with Crippen molar-refractivity contribution in [3.63, 3.8) is 0 Å². The molecule has 0 aliphatic carbocycles. The van der Waals surface area contributed by atoms with Gasteiger partial charge in [-0.3, -0.25) is 0 Å². The van der Waals surface area contributed by atoms with Crippen LogP contribution in [0.25, 0.3) is 44.0 Å². The summed E-state index contributed by atoms with van der Waals surface area (Å²) in [7, 11) is 0. The Kier molecular flexibility index (Phi) is 5.18. The fraction of sp³-hybridized carbons (Fsp3) is 0. The van der Waals surface area contributed by atoms with Crippen LogP contribution in [0.4, 0.5) is 5.88 Å². The van der Waals surface area contributed by atoms with Gasteiger partial charge in [-0.15, -0.1) is 0 Å². The fourth-order valence-electron chi connectivity index (χ4n) is 4.60. The molecule has 6 rings (SSSR count). The van der Waals surface area contributed by atoms with Crippen LogP contribution in [-0.4, -0.2) is 6.21 Å². The summed E-state index contributed by atoms with van der Waals surface area (Å²) in [6.45, 7) is 0. The van der Waals surface area contributed by atoms with Gasteiger partial charge in [0, 0.05) is 22.9 Å². The first-order chi connectivity index (χ1) is 17.3. The van der Waals surface area contributed by atoms with Gasteiger partial charge in [-0.25, -0.2) is 4.99 Å². The van der Waals surface area contributed by atoms with Gasteiger partial charge in [0.2, 0.25) is 5.88 Å².